The Morgan fingerprint density at radius 1 is 0.969 bits per heavy atom. The molecule has 1 aliphatic rings. The molecule has 0 spiro atoms. The number of halogens is 3. The SMILES string of the molecule is N#Cc1ccccc1Sc1ccc(N2C(=O)NC(c3cccc(C(F)(F)F)c3)C2=O)cc1. The summed E-state index contributed by atoms with van der Waals surface area (Å²) in [6.45, 7) is 0. The average Bonchev–Trinajstić information content (AvgIpc) is 3.08. The zero-order chi connectivity index (χ0) is 22.9. The van der Waals surface area contributed by atoms with Gasteiger partial charge < -0.3 is 5.32 Å². The largest absolute Gasteiger partial charge is 0.416 e. The average molecular weight is 453 g/mol. The molecule has 9 heteroatoms. The predicted octanol–water partition coefficient (Wildman–Crippen LogP) is 5.53. The summed E-state index contributed by atoms with van der Waals surface area (Å²) < 4.78 is 39.0. The Bertz CT molecular complexity index is 1240. The van der Waals surface area contributed by atoms with Crippen LogP contribution in [0.2, 0.25) is 0 Å². The van der Waals surface area contributed by atoms with Crippen molar-refractivity contribution in [2.45, 2.75) is 22.0 Å². The number of rotatable bonds is 4. The molecule has 1 N–H and O–H groups in total. The van der Waals surface area contributed by atoms with E-state index in [0.717, 1.165) is 26.8 Å². The molecule has 0 aliphatic carbocycles. The van der Waals surface area contributed by atoms with E-state index in [4.69, 9.17) is 0 Å². The first kappa shape index (κ1) is 21.5. The molecule has 1 heterocycles. The number of hydrogen-bond donors (Lipinski definition) is 1. The summed E-state index contributed by atoms with van der Waals surface area (Å²) in [6.07, 6.45) is -4.56. The first-order valence-corrected chi connectivity index (χ1v) is 10.2. The van der Waals surface area contributed by atoms with Gasteiger partial charge in [-0.3, -0.25) is 4.79 Å². The van der Waals surface area contributed by atoms with Gasteiger partial charge in [0.05, 0.1) is 16.8 Å². The van der Waals surface area contributed by atoms with Gasteiger partial charge in [0, 0.05) is 9.79 Å². The van der Waals surface area contributed by atoms with Crippen LogP contribution >= 0.6 is 11.8 Å². The lowest BCUT2D eigenvalue weighted by atomic mass is 10.0. The molecular formula is C23H14F3N3O2S. The van der Waals surface area contributed by atoms with Crippen LogP contribution in [-0.4, -0.2) is 11.9 Å². The second kappa shape index (κ2) is 8.40. The molecule has 0 saturated carbocycles. The number of imide groups is 1. The Balaban J connectivity index is 1.55. The maximum absolute atomic E-state index is 13.0. The van der Waals surface area contributed by atoms with Gasteiger partial charge in [-0.2, -0.15) is 18.4 Å². The molecule has 4 rings (SSSR count). The summed E-state index contributed by atoms with van der Waals surface area (Å²) in [5, 5.41) is 11.7. The Hall–Kier alpha value is -3.77. The lowest BCUT2D eigenvalue weighted by Gasteiger charge is -2.14. The summed E-state index contributed by atoms with van der Waals surface area (Å²) >= 11 is 1.36. The van der Waals surface area contributed by atoms with Gasteiger partial charge in [0.1, 0.15) is 12.1 Å². The standard InChI is InChI=1S/C23H14F3N3O2S/c24-23(25,26)16-6-3-5-14(12-16)20-21(30)29(22(31)28-20)17-8-10-18(11-9-17)32-19-7-2-1-4-15(19)13-27/h1-12,20H,(H,28,31). The van der Waals surface area contributed by atoms with Crippen LogP contribution in [0.25, 0.3) is 0 Å². The first-order valence-electron chi connectivity index (χ1n) is 9.36. The lowest BCUT2D eigenvalue weighted by Crippen LogP contribution is -2.30. The number of amides is 3. The third-order valence-electron chi connectivity index (χ3n) is 4.82. The van der Waals surface area contributed by atoms with E-state index in [1.54, 1.807) is 36.4 Å². The number of anilines is 1. The van der Waals surface area contributed by atoms with Crippen LogP contribution in [0, 0.1) is 11.3 Å². The molecule has 0 aromatic heterocycles. The molecule has 3 amide bonds. The smallest absolute Gasteiger partial charge is 0.321 e. The Morgan fingerprint density at radius 3 is 2.38 bits per heavy atom. The van der Waals surface area contributed by atoms with Gasteiger partial charge in [-0.25, -0.2) is 9.69 Å². The van der Waals surface area contributed by atoms with Gasteiger partial charge >= 0.3 is 12.2 Å². The zero-order valence-corrected chi connectivity index (χ0v) is 17.1. The van der Waals surface area contributed by atoms with Crippen molar-refractivity contribution in [2.24, 2.45) is 0 Å². The van der Waals surface area contributed by atoms with Crippen LogP contribution in [0.5, 0.6) is 0 Å². The van der Waals surface area contributed by atoms with E-state index >= 15 is 0 Å². The minimum atomic E-state index is -4.56. The Kier molecular flexibility index (Phi) is 5.63. The number of carbonyl (C=O) groups excluding carboxylic acids is 2. The highest BCUT2D eigenvalue weighted by Crippen LogP contribution is 2.35. The van der Waals surface area contributed by atoms with E-state index in [9.17, 15) is 28.0 Å². The Morgan fingerprint density at radius 2 is 1.69 bits per heavy atom. The van der Waals surface area contributed by atoms with E-state index in [0.29, 0.717) is 11.3 Å². The van der Waals surface area contributed by atoms with E-state index in [2.05, 4.69) is 11.4 Å². The van der Waals surface area contributed by atoms with Crippen LogP contribution < -0.4 is 10.2 Å². The van der Waals surface area contributed by atoms with Crippen LogP contribution in [-0.2, 0) is 11.0 Å². The number of nitrogens with zero attached hydrogens (tertiary/aromatic N) is 2. The third-order valence-corrected chi connectivity index (χ3v) is 5.90. The summed E-state index contributed by atoms with van der Waals surface area (Å²) in [5.41, 5.74) is -0.0185. The topological polar surface area (TPSA) is 73.2 Å². The van der Waals surface area contributed by atoms with Crippen molar-refractivity contribution in [3.63, 3.8) is 0 Å². The highest BCUT2D eigenvalue weighted by molar-refractivity contribution is 7.99. The highest BCUT2D eigenvalue weighted by Gasteiger charge is 2.41. The van der Waals surface area contributed by atoms with Crippen LogP contribution in [0.15, 0.2) is 82.6 Å². The van der Waals surface area contributed by atoms with E-state index < -0.39 is 29.7 Å². The van der Waals surface area contributed by atoms with Crippen molar-refractivity contribution >= 4 is 29.4 Å². The Labute approximate surface area is 185 Å². The van der Waals surface area contributed by atoms with Gasteiger partial charge in [0.15, 0.2) is 0 Å². The molecule has 0 radical (unpaired) electrons. The van der Waals surface area contributed by atoms with Crippen LogP contribution in [0.3, 0.4) is 0 Å². The summed E-state index contributed by atoms with van der Waals surface area (Å²) in [4.78, 5) is 27.8. The highest BCUT2D eigenvalue weighted by atomic mass is 32.2. The van der Waals surface area contributed by atoms with Crippen LogP contribution in [0.1, 0.15) is 22.7 Å². The molecule has 3 aromatic rings. The van der Waals surface area contributed by atoms with E-state index in [-0.39, 0.29) is 5.56 Å². The summed E-state index contributed by atoms with van der Waals surface area (Å²) in [7, 11) is 0. The number of nitrogens with one attached hydrogen (secondary N) is 1. The van der Waals surface area contributed by atoms with Gasteiger partial charge in [-0.05, 0) is 54.1 Å². The number of nitriles is 1. The third kappa shape index (κ3) is 4.18. The molecule has 5 nitrogen and oxygen atoms in total. The summed E-state index contributed by atoms with van der Waals surface area (Å²) in [6, 6.07) is 18.2. The van der Waals surface area contributed by atoms with Gasteiger partial charge in [0.2, 0.25) is 0 Å². The van der Waals surface area contributed by atoms with Gasteiger partial charge in [0.25, 0.3) is 5.91 Å². The monoisotopic (exact) mass is 453 g/mol. The van der Waals surface area contributed by atoms with Crippen molar-refractivity contribution in [2.75, 3.05) is 4.90 Å². The second-order valence-electron chi connectivity index (χ2n) is 6.88. The number of benzene rings is 3. The molecule has 160 valence electrons. The molecule has 1 aliphatic heterocycles. The molecule has 0 bridgehead atoms. The molecule has 1 saturated heterocycles. The summed E-state index contributed by atoms with van der Waals surface area (Å²) in [5.74, 6) is -0.662. The van der Waals surface area contributed by atoms with Gasteiger partial charge in [-0.1, -0.05) is 36.0 Å². The quantitative estimate of drug-likeness (QED) is 0.528. The molecule has 1 atom stereocenters. The van der Waals surface area contributed by atoms with Crippen molar-refractivity contribution < 1.29 is 22.8 Å². The normalized spacial score (nSPS) is 16.1. The molecule has 3 aromatic carbocycles. The van der Waals surface area contributed by atoms with Crippen molar-refractivity contribution in [1.82, 2.24) is 5.32 Å². The second-order valence-corrected chi connectivity index (χ2v) is 8.00. The first-order chi connectivity index (χ1) is 15.3. The predicted molar refractivity (Wildman–Crippen MR) is 112 cm³/mol. The number of carbonyl (C=O) groups is 2. The molecule has 1 fully saturated rings. The fraction of sp³-hybridized carbons (Fsp3) is 0.0870. The fourth-order valence-electron chi connectivity index (χ4n) is 3.28. The van der Waals surface area contributed by atoms with Crippen molar-refractivity contribution in [1.29, 1.82) is 5.26 Å². The van der Waals surface area contributed by atoms with E-state index in [1.165, 1.54) is 23.9 Å². The maximum atomic E-state index is 13.0. The molecule has 32 heavy (non-hydrogen) atoms. The van der Waals surface area contributed by atoms with E-state index in [1.807, 2.05) is 12.1 Å². The number of urea groups is 1. The zero-order valence-electron chi connectivity index (χ0n) is 16.3. The number of hydrogen-bond acceptors (Lipinski definition) is 4. The molecular weight excluding hydrogens is 439 g/mol. The lowest BCUT2D eigenvalue weighted by molar-refractivity contribution is -0.137. The number of alkyl halides is 3. The van der Waals surface area contributed by atoms with Crippen LogP contribution in [0.4, 0.5) is 23.7 Å². The van der Waals surface area contributed by atoms with Crippen molar-refractivity contribution in [3.05, 3.63) is 89.5 Å². The van der Waals surface area contributed by atoms with Crippen molar-refractivity contribution in [3.8, 4) is 6.07 Å². The van der Waals surface area contributed by atoms with Gasteiger partial charge in [-0.15, -0.1) is 0 Å². The minimum Gasteiger partial charge on any atom is -0.321 e. The maximum Gasteiger partial charge on any atom is 0.416 e. The fourth-order valence-corrected chi connectivity index (χ4v) is 4.18. The minimum absolute atomic E-state index is 0.0564. The molecule has 1 unspecified atom stereocenters.